The molecule has 0 aliphatic heterocycles. The molecule has 0 bridgehead atoms. The Bertz CT molecular complexity index is 78.6. The van der Waals surface area contributed by atoms with Gasteiger partial charge < -0.3 is 0 Å². The number of halogens is 1. The third kappa shape index (κ3) is 2.17. The van der Waals surface area contributed by atoms with Gasteiger partial charge in [-0.1, -0.05) is 19.8 Å². The fourth-order valence-corrected chi connectivity index (χ4v) is 1.90. The Morgan fingerprint density at radius 3 is 2.67 bits per heavy atom. The van der Waals surface area contributed by atoms with Crippen molar-refractivity contribution in [2.75, 3.05) is 5.88 Å². The van der Waals surface area contributed by atoms with Gasteiger partial charge in [0.15, 0.2) is 0 Å². The van der Waals surface area contributed by atoms with Crippen LogP contribution < -0.4 is 0 Å². The molecule has 0 aromatic carbocycles. The molecule has 0 amide bonds. The Hall–Kier alpha value is 0.290. The second-order valence-electron chi connectivity index (χ2n) is 3.02. The van der Waals surface area contributed by atoms with Gasteiger partial charge in [0, 0.05) is 5.88 Å². The first kappa shape index (κ1) is 7.40. The molecular weight excluding hydrogens is 132 g/mol. The van der Waals surface area contributed by atoms with Gasteiger partial charge in [0.25, 0.3) is 0 Å². The minimum atomic E-state index is 0.721. The van der Waals surface area contributed by atoms with Gasteiger partial charge in [-0.25, -0.2) is 0 Å². The molecule has 1 radical (unpaired) electrons. The van der Waals surface area contributed by atoms with E-state index in [-0.39, 0.29) is 0 Å². The molecule has 0 N–H and O–H groups in total. The first-order valence-corrected chi connectivity index (χ1v) is 4.25. The molecular formula is C8H14Cl. The first-order valence-electron chi connectivity index (χ1n) is 3.72. The van der Waals surface area contributed by atoms with Crippen molar-refractivity contribution in [2.45, 2.75) is 25.7 Å². The second kappa shape index (κ2) is 3.46. The minimum Gasteiger partial charge on any atom is -0.127 e. The molecule has 0 heterocycles. The van der Waals surface area contributed by atoms with Crippen LogP contribution in [0.15, 0.2) is 0 Å². The molecule has 1 saturated carbocycles. The summed E-state index contributed by atoms with van der Waals surface area (Å²) in [6.07, 6.45) is 5.20. The van der Waals surface area contributed by atoms with Gasteiger partial charge in [-0.3, -0.25) is 0 Å². The van der Waals surface area contributed by atoms with Crippen molar-refractivity contribution >= 4 is 11.6 Å². The van der Waals surface area contributed by atoms with E-state index in [1.54, 1.807) is 0 Å². The Balaban J connectivity index is 2.14. The predicted molar refractivity (Wildman–Crippen MR) is 41.5 cm³/mol. The molecule has 1 heteroatoms. The van der Waals surface area contributed by atoms with Crippen molar-refractivity contribution in [1.82, 2.24) is 0 Å². The quantitative estimate of drug-likeness (QED) is 0.525. The molecule has 0 nitrogen and oxygen atoms in total. The van der Waals surface area contributed by atoms with E-state index >= 15 is 0 Å². The van der Waals surface area contributed by atoms with Crippen LogP contribution in [0.1, 0.15) is 25.7 Å². The van der Waals surface area contributed by atoms with E-state index in [0.29, 0.717) is 0 Å². The van der Waals surface area contributed by atoms with E-state index in [9.17, 15) is 0 Å². The van der Waals surface area contributed by atoms with Crippen LogP contribution in [0, 0.1) is 18.8 Å². The van der Waals surface area contributed by atoms with Gasteiger partial charge in [0.1, 0.15) is 0 Å². The summed E-state index contributed by atoms with van der Waals surface area (Å²) in [4.78, 5) is 0. The van der Waals surface area contributed by atoms with Crippen molar-refractivity contribution in [1.29, 1.82) is 0 Å². The summed E-state index contributed by atoms with van der Waals surface area (Å²) >= 11 is 5.61. The van der Waals surface area contributed by atoms with E-state index in [1.165, 1.54) is 25.7 Å². The van der Waals surface area contributed by atoms with Crippen molar-refractivity contribution in [3.05, 3.63) is 6.92 Å². The minimum absolute atomic E-state index is 0.721. The van der Waals surface area contributed by atoms with E-state index < -0.39 is 0 Å². The molecule has 0 aromatic heterocycles. The third-order valence-corrected chi connectivity index (χ3v) is 2.39. The first-order chi connectivity index (χ1) is 4.33. The van der Waals surface area contributed by atoms with Crippen molar-refractivity contribution in [3.63, 3.8) is 0 Å². The fraction of sp³-hybridized carbons (Fsp3) is 0.875. The number of hydrogen-bond acceptors (Lipinski definition) is 0. The lowest BCUT2D eigenvalue weighted by Crippen LogP contribution is -1.94. The molecule has 2 atom stereocenters. The monoisotopic (exact) mass is 145 g/mol. The van der Waals surface area contributed by atoms with Gasteiger partial charge in [-0.15, -0.1) is 11.6 Å². The zero-order chi connectivity index (χ0) is 6.69. The summed E-state index contributed by atoms with van der Waals surface area (Å²) < 4.78 is 0. The molecule has 53 valence electrons. The molecule has 1 aliphatic carbocycles. The van der Waals surface area contributed by atoms with Crippen molar-refractivity contribution in [2.24, 2.45) is 11.8 Å². The topological polar surface area (TPSA) is 0 Å². The fourth-order valence-electron chi connectivity index (χ4n) is 1.60. The molecule has 0 spiro atoms. The van der Waals surface area contributed by atoms with Gasteiger partial charge in [-0.05, 0) is 24.7 Å². The summed E-state index contributed by atoms with van der Waals surface area (Å²) in [6, 6.07) is 0. The highest BCUT2D eigenvalue weighted by molar-refractivity contribution is 6.17. The largest absolute Gasteiger partial charge is 0.127 e. The van der Waals surface area contributed by atoms with Crippen molar-refractivity contribution < 1.29 is 0 Å². The van der Waals surface area contributed by atoms with E-state index in [4.69, 9.17) is 11.6 Å². The summed E-state index contributed by atoms with van der Waals surface area (Å²) in [5.41, 5.74) is 0. The maximum Gasteiger partial charge on any atom is 0.0226 e. The Labute approximate surface area is 62.6 Å². The second-order valence-corrected chi connectivity index (χ2v) is 3.40. The highest BCUT2D eigenvalue weighted by Gasteiger charge is 2.19. The molecule has 1 aliphatic rings. The van der Waals surface area contributed by atoms with Gasteiger partial charge in [-0.2, -0.15) is 0 Å². The standard InChI is InChI=1S/C8H14Cl/c1-7-2-3-8(6-7)4-5-9/h7-8H,1-6H2. The molecule has 1 rings (SSSR count). The molecule has 0 saturated heterocycles. The highest BCUT2D eigenvalue weighted by Crippen LogP contribution is 2.32. The maximum atomic E-state index is 5.61. The van der Waals surface area contributed by atoms with Crippen LogP contribution in [0.5, 0.6) is 0 Å². The Kier molecular flexibility index (Phi) is 2.84. The van der Waals surface area contributed by atoms with Crippen LogP contribution in [0.4, 0.5) is 0 Å². The van der Waals surface area contributed by atoms with Gasteiger partial charge in [0.2, 0.25) is 0 Å². The van der Waals surface area contributed by atoms with E-state index in [1.807, 2.05) is 0 Å². The molecule has 1 fully saturated rings. The van der Waals surface area contributed by atoms with Gasteiger partial charge >= 0.3 is 0 Å². The van der Waals surface area contributed by atoms with Crippen molar-refractivity contribution in [3.8, 4) is 0 Å². The third-order valence-electron chi connectivity index (χ3n) is 2.17. The zero-order valence-electron chi connectivity index (χ0n) is 5.78. The molecule has 0 aromatic rings. The summed E-state index contributed by atoms with van der Waals surface area (Å²) in [5, 5.41) is 0. The van der Waals surface area contributed by atoms with Crippen LogP contribution in [-0.4, -0.2) is 5.88 Å². The lowest BCUT2D eigenvalue weighted by molar-refractivity contribution is 0.517. The summed E-state index contributed by atoms with van der Waals surface area (Å²) in [6.45, 7) is 4.03. The van der Waals surface area contributed by atoms with E-state index in [2.05, 4.69) is 6.92 Å². The smallest absolute Gasteiger partial charge is 0.0226 e. The highest BCUT2D eigenvalue weighted by atomic mass is 35.5. The van der Waals surface area contributed by atoms with Crippen LogP contribution in [0.25, 0.3) is 0 Å². The Morgan fingerprint density at radius 1 is 1.44 bits per heavy atom. The van der Waals surface area contributed by atoms with Crippen LogP contribution in [0.2, 0.25) is 0 Å². The zero-order valence-corrected chi connectivity index (χ0v) is 6.53. The van der Waals surface area contributed by atoms with Crippen LogP contribution in [0.3, 0.4) is 0 Å². The Morgan fingerprint density at radius 2 is 2.22 bits per heavy atom. The number of alkyl halides is 1. The van der Waals surface area contributed by atoms with Gasteiger partial charge in [0.05, 0.1) is 0 Å². The average molecular weight is 146 g/mol. The average Bonchev–Trinajstić information content (AvgIpc) is 2.17. The number of rotatable bonds is 2. The lowest BCUT2D eigenvalue weighted by atomic mass is 10.0. The molecule has 2 unspecified atom stereocenters. The summed E-state index contributed by atoms with van der Waals surface area (Å²) in [7, 11) is 0. The SMILES string of the molecule is [CH2]C1CCC(CCCl)C1. The van der Waals surface area contributed by atoms with Crippen LogP contribution in [-0.2, 0) is 0 Å². The summed E-state index contributed by atoms with van der Waals surface area (Å²) in [5.74, 6) is 2.44. The maximum absolute atomic E-state index is 5.61. The number of hydrogen-bond donors (Lipinski definition) is 0. The normalized spacial score (nSPS) is 35.3. The lowest BCUT2D eigenvalue weighted by Gasteiger charge is -2.04. The molecule has 9 heavy (non-hydrogen) atoms. The predicted octanol–water partition coefficient (Wildman–Crippen LogP) is 2.87. The van der Waals surface area contributed by atoms with Crippen LogP contribution >= 0.6 is 11.6 Å². The van der Waals surface area contributed by atoms with E-state index in [0.717, 1.165) is 17.7 Å².